The molecule has 9 heteroatoms. The minimum Gasteiger partial charge on any atom is -0.326 e. The highest BCUT2D eigenvalue weighted by atomic mass is 32.1. The Balaban J connectivity index is 1.33. The maximum Gasteiger partial charge on any atom is 0.229 e. The van der Waals surface area contributed by atoms with Gasteiger partial charge in [0.1, 0.15) is 5.65 Å². The quantitative estimate of drug-likeness (QED) is 0.210. The van der Waals surface area contributed by atoms with Gasteiger partial charge in [0, 0.05) is 40.8 Å². The maximum absolute atomic E-state index is 12.7. The third-order valence-electron chi connectivity index (χ3n) is 6.44. The van der Waals surface area contributed by atoms with E-state index in [1.54, 1.807) is 17.5 Å². The molecule has 0 spiro atoms. The topological polar surface area (TPSA) is 87.5 Å². The van der Waals surface area contributed by atoms with Crippen LogP contribution in [0, 0.1) is 0 Å². The average molecular weight is 560 g/mol. The molecule has 4 aromatic heterocycles. The van der Waals surface area contributed by atoms with Crippen molar-refractivity contribution in [3.8, 4) is 22.6 Å². The third kappa shape index (κ3) is 6.16. The number of carbonyl (C=O) groups is 1. The molecule has 0 radical (unpaired) electrons. The summed E-state index contributed by atoms with van der Waals surface area (Å²) < 4.78 is 2.03. The Morgan fingerprint density at radius 1 is 0.927 bits per heavy atom. The molecule has 0 aliphatic heterocycles. The molecule has 41 heavy (non-hydrogen) atoms. The first kappa shape index (κ1) is 26.4. The van der Waals surface area contributed by atoms with Gasteiger partial charge in [-0.2, -0.15) is 0 Å². The van der Waals surface area contributed by atoms with Gasteiger partial charge in [-0.3, -0.25) is 9.20 Å². The fraction of sp³-hybridized carbons (Fsp3) is 0.125. The lowest BCUT2D eigenvalue weighted by Crippen LogP contribution is -2.13. The van der Waals surface area contributed by atoms with E-state index >= 15 is 0 Å². The molecule has 6 aromatic rings. The van der Waals surface area contributed by atoms with Crippen molar-refractivity contribution in [2.24, 2.45) is 0 Å². The van der Waals surface area contributed by atoms with Crippen LogP contribution in [0.2, 0.25) is 0 Å². The summed E-state index contributed by atoms with van der Waals surface area (Å²) in [7, 11) is 4.10. The number of anilines is 3. The second kappa shape index (κ2) is 11.7. The van der Waals surface area contributed by atoms with E-state index in [9.17, 15) is 4.79 Å². The number of carbonyl (C=O) groups excluding carboxylic acids is 1. The molecular weight excluding hydrogens is 530 g/mol. The van der Waals surface area contributed by atoms with E-state index in [1.807, 2.05) is 88.8 Å². The third-order valence-corrected chi connectivity index (χ3v) is 7.32. The Morgan fingerprint density at radius 3 is 2.66 bits per heavy atom. The van der Waals surface area contributed by atoms with Gasteiger partial charge in [0.15, 0.2) is 0 Å². The number of rotatable bonds is 9. The summed E-state index contributed by atoms with van der Waals surface area (Å²) in [4.78, 5) is 30.2. The predicted molar refractivity (Wildman–Crippen MR) is 165 cm³/mol. The molecule has 0 aliphatic carbocycles. The second-order valence-electron chi connectivity index (χ2n) is 9.95. The van der Waals surface area contributed by atoms with Crippen LogP contribution < -0.4 is 10.6 Å². The molecule has 2 N–H and O–H groups in total. The van der Waals surface area contributed by atoms with Crippen LogP contribution in [0.4, 0.5) is 17.3 Å². The number of aromatic nitrogens is 4. The summed E-state index contributed by atoms with van der Waals surface area (Å²) >= 11 is 1.58. The van der Waals surface area contributed by atoms with E-state index in [0.29, 0.717) is 12.4 Å². The van der Waals surface area contributed by atoms with Gasteiger partial charge < -0.3 is 15.5 Å². The summed E-state index contributed by atoms with van der Waals surface area (Å²) in [6, 6.07) is 27.7. The molecule has 8 nitrogen and oxygen atoms in total. The summed E-state index contributed by atoms with van der Waals surface area (Å²) in [6.45, 7) is 0.842. The zero-order valence-corrected chi connectivity index (χ0v) is 23.6. The minimum atomic E-state index is -0.0546. The van der Waals surface area contributed by atoms with Gasteiger partial charge in [0.2, 0.25) is 11.9 Å². The normalized spacial score (nSPS) is 11.2. The molecule has 0 aliphatic rings. The fourth-order valence-electron chi connectivity index (χ4n) is 4.76. The first-order valence-corrected chi connectivity index (χ1v) is 14.1. The van der Waals surface area contributed by atoms with E-state index in [1.165, 1.54) is 5.56 Å². The predicted octanol–water partition coefficient (Wildman–Crippen LogP) is 6.51. The summed E-state index contributed by atoms with van der Waals surface area (Å²) in [5.41, 5.74) is 6.85. The molecule has 0 saturated heterocycles. The first-order chi connectivity index (χ1) is 20.0. The lowest BCUT2D eigenvalue weighted by atomic mass is 10.1. The zero-order valence-electron chi connectivity index (χ0n) is 22.8. The number of imidazole rings is 1. The first-order valence-electron chi connectivity index (χ1n) is 13.3. The maximum atomic E-state index is 12.7. The van der Waals surface area contributed by atoms with Crippen LogP contribution in [0.3, 0.4) is 0 Å². The van der Waals surface area contributed by atoms with Crippen molar-refractivity contribution in [2.45, 2.75) is 13.0 Å². The standard InChI is InChI=1S/C32H29N7OS/c1-38(2)21-22-8-5-10-24(18-22)35-32-33-15-14-27(36-32)31-30(37-28-13-3-4-16-39(28)31)23-9-6-11-25(19-23)34-29(40)20-26-12-7-17-41-26/h3-19H,20-21H2,1-2H3,(H,34,40)(H,33,35,36). The van der Waals surface area contributed by atoms with Crippen molar-refractivity contribution >= 4 is 40.2 Å². The van der Waals surface area contributed by atoms with Crippen molar-refractivity contribution in [2.75, 3.05) is 24.7 Å². The van der Waals surface area contributed by atoms with Crippen LogP contribution >= 0.6 is 11.3 Å². The number of fused-ring (bicyclic) bond motifs is 1. The van der Waals surface area contributed by atoms with Gasteiger partial charge in [-0.1, -0.05) is 36.4 Å². The largest absolute Gasteiger partial charge is 0.326 e. The van der Waals surface area contributed by atoms with Crippen LogP contribution in [0.15, 0.2) is 103 Å². The molecule has 0 saturated carbocycles. The van der Waals surface area contributed by atoms with Crippen molar-refractivity contribution in [1.29, 1.82) is 0 Å². The van der Waals surface area contributed by atoms with Gasteiger partial charge in [0.05, 0.1) is 23.5 Å². The fourth-order valence-corrected chi connectivity index (χ4v) is 5.46. The zero-order chi connectivity index (χ0) is 28.2. The lowest BCUT2D eigenvalue weighted by Gasteiger charge is -2.12. The van der Waals surface area contributed by atoms with Crippen LogP contribution in [0.1, 0.15) is 10.4 Å². The van der Waals surface area contributed by atoms with Crippen molar-refractivity contribution in [1.82, 2.24) is 24.3 Å². The van der Waals surface area contributed by atoms with E-state index in [4.69, 9.17) is 9.97 Å². The molecule has 0 bridgehead atoms. The number of thiophene rings is 1. The number of hydrogen-bond acceptors (Lipinski definition) is 7. The highest BCUT2D eigenvalue weighted by Gasteiger charge is 2.18. The highest BCUT2D eigenvalue weighted by Crippen LogP contribution is 2.33. The van der Waals surface area contributed by atoms with Gasteiger partial charge in [-0.15, -0.1) is 11.3 Å². The molecule has 1 amide bonds. The summed E-state index contributed by atoms with van der Waals surface area (Å²) in [5, 5.41) is 8.37. The molecule has 6 rings (SSSR count). The van der Waals surface area contributed by atoms with Gasteiger partial charge >= 0.3 is 0 Å². The number of benzene rings is 2. The number of hydrogen-bond donors (Lipinski definition) is 2. The number of nitrogens with zero attached hydrogens (tertiary/aromatic N) is 5. The Hall–Kier alpha value is -4.86. The Labute approximate surface area is 242 Å². The number of amides is 1. The van der Waals surface area contributed by atoms with Crippen LogP contribution in [0.25, 0.3) is 28.3 Å². The van der Waals surface area contributed by atoms with Crippen molar-refractivity contribution < 1.29 is 4.79 Å². The SMILES string of the molecule is CN(C)Cc1cccc(Nc2nccc(-c3c(-c4cccc(NC(=O)Cc5cccs5)c4)nc4ccccn34)n2)c1. The Kier molecular flexibility index (Phi) is 7.53. The molecule has 2 aromatic carbocycles. The summed E-state index contributed by atoms with van der Waals surface area (Å²) in [6.07, 6.45) is 4.08. The smallest absolute Gasteiger partial charge is 0.229 e. The molecule has 4 heterocycles. The van der Waals surface area contributed by atoms with E-state index < -0.39 is 0 Å². The molecule has 0 unspecified atom stereocenters. The Bertz CT molecular complexity index is 1810. The van der Waals surface area contributed by atoms with E-state index in [0.717, 1.165) is 51.1 Å². The lowest BCUT2D eigenvalue weighted by molar-refractivity contribution is -0.115. The number of pyridine rings is 1. The second-order valence-corrected chi connectivity index (χ2v) is 11.0. The van der Waals surface area contributed by atoms with Crippen LogP contribution in [-0.4, -0.2) is 44.3 Å². The van der Waals surface area contributed by atoms with E-state index in [-0.39, 0.29) is 5.91 Å². The highest BCUT2D eigenvalue weighted by molar-refractivity contribution is 7.10. The van der Waals surface area contributed by atoms with E-state index in [2.05, 4.69) is 46.7 Å². The van der Waals surface area contributed by atoms with Crippen molar-refractivity contribution in [3.63, 3.8) is 0 Å². The van der Waals surface area contributed by atoms with Gasteiger partial charge in [0.25, 0.3) is 0 Å². The Morgan fingerprint density at radius 2 is 1.80 bits per heavy atom. The summed E-state index contributed by atoms with van der Waals surface area (Å²) in [5.74, 6) is 0.442. The van der Waals surface area contributed by atoms with Crippen molar-refractivity contribution in [3.05, 3.63) is 113 Å². The monoisotopic (exact) mass is 559 g/mol. The van der Waals surface area contributed by atoms with Gasteiger partial charge in [-0.25, -0.2) is 15.0 Å². The minimum absolute atomic E-state index is 0.0546. The average Bonchev–Trinajstić information content (AvgIpc) is 3.61. The number of nitrogens with one attached hydrogen (secondary N) is 2. The molecule has 204 valence electrons. The van der Waals surface area contributed by atoms with Crippen LogP contribution in [0.5, 0.6) is 0 Å². The molecule has 0 atom stereocenters. The molecule has 0 fully saturated rings. The van der Waals surface area contributed by atoms with Crippen LogP contribution in [-0.2, 0) is 17.8 Å². The van der Waals surface area contributed by atoms with Gasteiger partial charge in [-0.05, 0) is 73.6 Å². The molecular formula is C32H29N7OS.